The lowest BCUT2D eigenvalue weighted by Crippen LogP contribution is -2.42. The van der Waals surface area contributed by atoms with Crippen molar-refractivity contribution in [1.82, 2.24) is 10.2 Å². The van der Waals surface area contributed by atoms with E-state index in [2.05, 4.69) is 11.9 Å². The van der Waals surface area contributed by atoms with Crippen molar-refractivity contribution >= 4 is 11.6 Å². The van der Waals surface area contributed by atoms with Gasteiger partial charge in [-0.15, -0.1) is 0 Å². The smallest absolute Gasteiger partial charge is 0.318 e. The molecule has 0 spiro atoms. The summed E-state index contributed by atoms with van der Waals surface area (Å²) in [4.78, 5) is 13.7. The molecule has 0 radical (unpaired) electrons. The molecule has 0 saturated carbocycles. The van der Waals surface area contributed by atoms with Gasteiger partial charge in [0.2, 0.25) is 0 Å². The van der Waals surface area contributed by atoms with Crippen molar-refractivity contribution in [2.75, 3.05) is 13.6 Å². The van der Waals surface area contributed by atoms with Gasteiger partial charge in [-0.3, -0.25) is 0 Å². The van der Waals surface area contributed by atoms with Crippen LogP contribution in [0.3, 0.4) is 0 Å². The van der Waals surface area contributed by atoms with Crippen LogP contribution >= 0.6 is 0 Å². The number of nitrogens with one attached hydrogen (secondary N) is 1. The van der Waals surface area contributed by atoms with Crippen LogP contribution in [0, 0.1) is 11.6 Å². The van der Waals surface area contributed by atoms with Crippen molar-refractivity contribution in [3.05, 3.63) is 77.9 Å². The topological polar surface area (TPSA) is 32.3 Å². The number of hydrogen-bond acceptors (Lipinski definition) is 1. The summed E-state index contributed by atoms with van der Waals surface area (Å²) in [5.74, 6) is -1.02. The van der Waals surface area contributed by atoms with Crippen molar-refractivity contribution < 1.29 is 13.6 Å². The first kappa shape index (κ1) is 17.7. The summed E-state index contributed by atoms with van der Waals surface area (Å²) < 4.78 is 27.5. The lowest BCUT2D eigenvalue weighted by atomic mass is 10.0. The number of hydrogen-bond donors (Lipinski definition) is 1. The van der Waals surface area contributed by atoms with Crippen LogP contribution in [0.25, 0.3) is 5.57 Å². The van der Waals surface area contributed by atoms with Gasteiger partial charge in [-0.05, 0) is 36.3 Å². The fourth-order valence-electron chi connectivity index (χ4n) is 2.64. The minimum Gasteiger partial charge on any atom is -0.341 e. The van der Waals surface area contributed by atoms with Crippen LogP contribution in [-0.4, -0.2) is 30.6 Å². The maximum absolute atomic E-state index is 14.0. The Morgan fingerprint density at radius 2 is 2.12 bits per heavy atom. The van der Waals surface area contributed by atoms with Crippen molar-refractivity contribution in [2.45, 2.75) is 13.0 Å². The Kier molecular flexibility index (Phi) is 5.68. The molecule has 1 atom stereocenters. The Bertz CT molecular complexity index is 735. The fraction of sp³-hybridized carbons (Fsp3) is 0.211. The second kappa shape index (κ2) is 7.73. The third-order valence-corrected chi connectivity index (χ3v) is 3.86. The van der Waals surface area contributed by atoms with E-state index in [9.17, 15) is 13.6 Å². The molecule has 1 aliphatic heterocycles. The lowest BCUT2D eigenvalue weighted by molar-refractivity contribution is 0.204. The van der Waals surface area contributed by atoms with Crippen LogP contribution in [0.15, 0.2) is 60.7 Å². The Hall–Kier alpha value is -2.69. The SMILES string of the molecule is C=C/C=C\C=C(/C)[C@@H]1C=C(c2cc(F)ccc2F)CN1C(=O)NC. The number of halogens is 2. The van der Waals surface area contributed by atoms with Gasteiger partial charge in [-0.1, -0.05) is 37.0 Å². The van der Waals surface area contributed by atoms with E-state index < -0.39 is 11.6 Å². The van der Waals surface area contributed by atoms with Gasteiger partial charge >= 0.3 is 6.03 Å². The third-order valence-electron chi connectivity index (χ3n) is 3.86. The van der Waals surface area contributed by atoms with Gasteiger partial charge < -0.3 is 10.2 Å². The average Bonchev–Trinajstić information content (AvgIpc) is 3.01. The number of amides is 2. The summed E-state index contributed by atoms with van der Waals surface area (Å²) in [6.45, 7) is 5.70. The first-order valence-electron chi connectivity index (χ1n) is 7.58. The van der Waals surface area contributed by atoms with Crippen molar-refractivity contribution in [2.24, 2.45) is 0 Å². The molecule has 0 aromatic heterocycles. The fourth-order valence-corrected chi connectivity index (χ4v) is 2.64. The first-order valence-corrected chi connectivity index (χ1v) is 7.58. The molecule has 0 aliphatic carbocycles. The summed E-state index contributed by atoms with van der Waals surface area (Å²) >= 11 is 0. The zero-order valence-corrected chi connectivity index (χ0v) is 13.7. The van der Waals surface area contributed by atoms with Crippen LogP contribution in [0.5, 0.6) is 0 Å². The van der Waals surface area contributed by atoms with Crippen molar-refractivity contribution in [1.29, 1.82) is 0 Å². The average molecular weight is 330 g/mol. The summed E-state index contributed by atoms with van der Waals surface area (Å²) in [6, 6.07) is 2.73. The highest BCUT2D eigenvalue weighted by atomic mass is 19.1. The normalized spacial score (nSPS) is 18.0. The highest BCUT2D eigenvalue weighted by molar-refractivity contribution is 5.82. The number of rotatable bonds is 4. The number of benzene rings is 1. The van der Waals surface area contributed by atoms with Gasteiger partial charge in [-0.2, -0.15) is 0 Å². The minimum absolute atomic E-state index is 0.181. The largest absolute Gasteiger partial charge is 0.341 e. The van der Waals surface area contributed by atoms with Gasteiger partial charge in [0.15, 0.2) is 0 Å². The predicted molar refractivity (Wildman–Crippen MR) is 92.4 cm³/mol. The van der Waals surface area contributed by atoms with Crippen LogP contribution in [0.4, 0.5) is 13.6 Å². The Morgan fingerprint density at radius 1 is 1.38 bits per heavy atom. The van der Waals surface area contributed by atoms with Crippen LogP contribution in [0.1, 0.15) is 12.5 Å². The standard InChI is InChI=1S/C19H20F2N2O/c1-4-5-6-7-13(2)18-10-14(12-23(18)19(24)22-3)16-11-15(20)8-9-17(16)21/h4-11,18H,1,12H2,2-3H3,(H,22,24)/b6-5-,13-7+/t18-/m0/s1. The zero-order valence-electron chi connectivity index (χ0n) is 13.7. The highest BCUT2D eigenvalue weighted by Crippen LogP contribution is 2.30. The number of allylic oxidation sites excluding steroid dienone is 4. The van der Waals surface area contributed by atoms with Crippen molar-refractivity contribution in [3.8, 4) is 0 Å². The second-order valence-corrected chi connectivity index (χ2v) is 5.48. The summed E-state index contributed by atoms with van der Waals surface area (Å²) in [5.41, 5.74) is 1.67. The van der Waals surface area contributed by atoms with E-state index in [4.69, 9.17) is 0 Å². The quantitative estimate of drug-likeness (QED) is 0.830. The van der Waals surface area contributed by atoms with Crippen LogP contribution in [-0.2, 0) is 0 Å². The molecule has 1 heterocycles. The maximum atomic E-state index is 14.0. The summed E-state index contributed by atoms with van der Waals surface area (Å²) in [5, 5.41) is 2.58. The molecule has 24 heavy (non-hydrogen) atoms. The lowest BCUT2D eigenvalue weighted by Gasteiger charge is -2.25. The minimum atomic E-state index is -0.511. The van der Waals surface area contributed by atoms with Gasteiger partial charge in [0.05, 0.1) is 6.04 Å². The third kappa shape index (κ3) is 3.79. The Labute approximate surface area is 140 Å². The monoisotopic (exact) mass is 330 g/mol. The van der Waals surface area contributed by atoms with E-state index in [1.807, 2.05) is 19.1 Å². The van der Waals surface area contributed by atoms with Crippen LogP contribution < -0.4 is 5.32 Å². The Balaban J connectivity index is 2.41. The van der Waals surface area contributed by atoms with Gasteiger partial charge in [0.1, 0.15) is 11.6 Å². The molecule has 0 saturated heterocycles. The molecule has 1 N–H and O–H groups in total. The number of urea groups is 1. The highest BCUT2D eigenvalue weighted by Gasteiger charge is 2.30. The molecular formula is C19H20F2N2O. The summed E-state index contributed by atoms with van der Waals surface area (Å²) in [6.07, 6.45) is 8.90. The molecule has 5 heteroatoms. The molecule has 2 amide bonds. The molecule has 1 aromatic rings. The maximum Gasteiger partial charge on any atom is 0.318 e. The zero-order chi connectivity index (χ0) is 17.7. The molecular weight excluding hydrogens is 310 g/mol. The first-order chi connectivity index (χ1) is 11.5. The van der Waals surface area contributed by atoms with E-state index in [0.717, 1.165) is 23.8 Å². The van der Waals surface area contributed by atoms with Crippen LogP contribution in [0.2, 0.25) is 0 Å². The molecule has 126 valence electrons. The van der Waals surface area contributed by atoms with E-state index >= 15 is 0 Å². The Morgan fingerprint density at radius 3 is 2.79 bits per heavy atom. The molecule has 3 nitrogen and oxygen atoms in total. The summed E-state index contributed by atoms with van der Waals surface area (Å²) in [7, 11) is 1.54. The van der Waals surface area contributed by atoms with E-state index in [1.165, 1.54) is 7.05 Å². The molecule has 0 unspecified atom stereocenters. The van der Waals surface area contributed by atoms with Gasteiger partial charge in [-0.25, -0.2) is 13.6 Å². The van der Waals surface area contributed by atoms with E-state index in [1.54, 1.807) is 23.1 Å². The molecule has 0 fully saturated rings. The predicted octanol–water partition coefficient (Wildman–Crippen LogP) is 4.06. The molecule has 2 rings (SSSR count). The van der Waals surface area contributed by atoms with Gasteiger partial charge in [0.25, 0.3) is 0 Å². The van der Waals surface area contributed by atoms with Crippen molar-refractivity contribution in [3.63, 3.8) is 0 Å². The molecule has 1 aliphatic rings. The number of carbonyl (C=O) groups is 1. The number of carbonyl (C=O) groups excluding carboxylic acids is 1. The molecule has 1 aromatic carbocycles. The van der Waals surface area contributed by atoms with Gasteiger partial charge in [0, 0.05) is 19.2 Å². The van der Waals surface area contributed by atoms with E-state index in [0.29, 0.717) is 5.57 Å². The van der Waals surface area contributed by atoms with E-state index in [-0.39, 0.29) is 24.2 Å². The number of nitrogens with zero attached hydrogens (tertiary/aromatic N) is 1. The molecule has 0 bridgehead atoms. The second-order valence-electron chi connectivity index (χ2n) is 5.48.